The Morgan fingerprint density at radius 3 is 2.68 bits per heavy atom. The van der Waals surface area contributed by atoms with E-state index in [4.69, 9.17) is 4.74 Å². The first-order valence-electron chi connectivity index (χ1n) is 7.04. The lowest BCUT2D eigenvalue weighted by atomic mass is 9.90. The minimum atomic E-state index is -0.970. The van der Waals surface area contributed by atoms with Gasteiger partial charge in [-0.25, -0.2) is 4.79 Å². The van der Waals surface area contributed by atoms with Crippen LogP contribution in [-0.4, -0.2) is 47.2 Å². The van der Waals surface area contributed by atoms with Gasteiger partial charge in [-0.3, -0.25) is 4.79 Å². The van der Waals surface area contributed by atoms with Crippen LogP contribution in [-0.2, 0) is 14.3 Å². The predicted octanol–water partition coefficient (Wildman–Crippen LogP) is 2.05. The van der Waals surface area contributed by atoms with Gasteiger partial charge in [0.05, 0.1) is 6.10 Å². The third-order valence-corrected chi connectivity index (χ3v) is 4.02. The number of aliphatic carboxylic acids is 1. The number of hydrogen-bond acceptors (Lipinski definition) is 3. The summed E-state index contributed by atoms with van der Waals surface area (Å²) in [5.41, 5.74) is -0.970. The van der Waals surface area contributed by atoms with E-state index in [1.54, 1.807) is 12.0 Å². The SMILES string of the molecule is CCCC1(C(=O)O)CCCN1C(=O)CCC(C)OC. The zero-order valence-electron chi connectivity index (χ0n) is 12.1. The standard InChI is InChI=1S/C14H25NO4/c1-4-8-14(13(17)18)9-5-10-15(14)12(16)7-6-11(2)19-3/h11H,4-10H2,1-3H3,(H,17,18). The molecule has 1 saturated heterocycles. The molecule has 0 aromatic heterocycles. The summed E-state index contributed by atoms with van der Waals surface area (Å²) in [6.45, 7) is 4.43. The van der Waals surface area contributed by atoms with Crippen LogP contribution in [0.2, 0.25) is 0 Å². The quantitative estimate of drug-likeness (QED) is 0.769. The van der Waals surface area contributed by atoms with Crippen molar-refractivity contribution in [2.45, 2.75) is 64.0 Å². The van der Waals surface area contributed by atoms with Crippen molar-refractivity contribution in [3.63, 3.8) is 0 Å². The number of carboxylic acids is 1. The average molecular weight is 271 g/mol. The molecule has 1 amide bonds. The normalized spacial score (nSPS) is 24.5. The Bertz CT molecular complexity index is 331. The number of methoxy groups -OCH3 is 1. The largest absolute Gasteiger partial charge is 0.479 e. The van der Waals surface area contributed by atoms with Crippen LogP contribution in [0.15, 0.2) is 0 Å². The van der Waals surface area contributed by atoms with Crippen molar-refractivity contribution in [3.05, 3.63) is 0 Å². The van der Waals surface area contributed by atoms with E-state index in [0.717, 1.165) is 12.8 Å². The van der Waals surface area contributed by atoms with Gasteiger partial charge in [-0.2, -0.15) is 0 Å². The topological polar surface area (TPSA) is 66.8 Å². The second-order valence-electron chi connectivity index (χ2n) is 5.32. The fourth-order valence-electron chi connectivity index (χ4n) is 2.82. The highest BCUT2D eigenvalue weighted by atomic mass is 16.5. The third kappa shape index (κ3) is 3.47. The molecule has 1 fully saturated rings. The van der Waals surface area contributed by atoms with Crippen molar-refractivity contribution in [2.24, 2.45) is 0 Å². The number of carbonyl (C=O) groups is 2. The summed E-state index contributed by atoms with van der Waals surface area (Å²) in [5.74, 6) is -0.919. The Hall–Kier alpha value is -1.10. The van der Waals surface area contributed by atoms with Crippen molar-refractivity contribution < 1.29 is 19.4 Å². The molecule has 0 aromatic carbocycles. The second-order valence-corrected chi connectivity index (χ2v) is 5.32. The summed E-state index contributed by atoms with van der Waals surface area (Å²) in [7, 11) is 1.61. The first-order valence-corrected chi connectivity index (χ1v) is 7.04. The Morgan fingerprint density at radius 2 is 2.16 bits per heavy atom. The molecule has 0 aliphatic carbocycles. The molecule has 0 spiro atoms. The zero-order valence-corrected chi connectivity index (χ0v) is 12.1. The number of ether oxygens (including phenoxy) is 1. The molecule has 0 aromatic rings. The number of likely N-dealkylation sites (tertiary alicyclic amines) is 1. The smallest absolute Gasteiger partial charge is 0.329 e. The molecule has 1 heterocycles. The second kappa shape index (κ2) is 6.89. The van der Waals surface area contributed by atoms with E-state index in [1.165, 1.54) is 0 Å². The number of carboxylic acid groups (broad SMARTS) is 1. The molecular weight excluding hydrogens is 246 g/mol. The molecule has 5 nitrogen and oxygen atoms in total. The van der Waals surface area contributed by atoms with E-state index in [1.807, 2.05) is 13.8 Å². The van der Waals surface area contributed by atoms with Crippen molar-refractivity contribution in [2.75, 3.05) is 13.7 Å². The average Bonchev–Trinajstić information content (AvgIpc) is 2.81. The van der Waals surface area contributed by atoms with Crippen LogP contribution in [0.5, 0.6) is 0 Å². The monoisotopic (exact) mass is 271 g/mol. The number of carbonyl (C=O) groups excluding carboxylic acids is 1. The lowest BCUT2D eigenvalue weighted by molar-refractivity contribution is -0.157. The van der Waals surface area contributed by atoms with E-state index in [2.05, 4.69) is 0 Å². The molecule has 1 N–H and O–H groups in total. The van der Waals surface area contributed by atoms with Crippen molar-refractivity contribution >= 4 is 11.9 Å². The highest BCUT2D eigenvalue weighted by Gasteiger charge is 2.48. The molecule has 1 aliphatic heterocycles. The predicted molar refractivity (Wildman–Crippen MR) is 71.9 cm³/mol. The van der Waals surface area contributed by atoms with E-state index in [0.29, 0.717) is 32.2 Å². The van der Waals surface area contributed by atoms with Crippen LogP contribution >= 0.6 is 0 Å². The number of nitrogens with zero attached hydrogens (tertiary/aromatic N) is 1. The Kier molecular flexibility index (Phi) is 5.79. The molecule has 0 bridgehead atoms. The van der Waals surface area contributed by atoms with Gasteiger partial charge in [-0.05, 0) is 32.6 Å². The summed E-state index contributed by atoms with van der Waals surface area (Å²) >= 11 is 0. The van der Waals surface area contributed by atoms with E-state index in [-0.39, 0.29) is 12.0 Å². The summed E-state index contributed by atoms with van der Waals surface area (Å²) in [6, 6.07) is 0. The Balaban J connectivity index is 2.73. The van der Waals surface area contributed by atoms with Gasteiger partial charge in [0, 0.05) is 20.1 Å². The fourth-order valence-corrected chi connectivity index (χ4v) is 2.82. The summed E-state index contributed by atoms with van der Waals surface area (Å²) in [6.07, 6.45) is 3.66. The molecular formula is C14H25NO4. The van der Waals surface area contributed by atoms with Crippen molar-refractivity contribution in [1.82, 2.24) is 4.90 Å². The van der Waals surface area contributed by atoms with Gasteiger partial charge in [0.25, 0.3) is 0 Å². The molecule has 5 heteroatoms. The van der Waals surface area contributed by atoms with Crippen LogP contribution in [0.25, 0.3) is 0 Å². The van der Waals surface area contributed by atoms with Crippen molar-refractivity contribution in [3.8, 4) is 0 Å². The highest BCUT2D eigenvalue weighted by Crippen LogP contribution is 2.34. The van der Waals surface area contributed by atoms with Gasteiger partial charge in [0.1, 0.15) is 5.54 Å². The van der Waals surface area contributed by atoms with E-state index < -0.39 is 11.5 Å². The first kappa shape index (κ1) is 16.0. The van der Waals surface area contributed by atoms with Gasteiger partial charge in [0.2, 0.25) is 5.91 Å². The van der Waals surface area contributed by atoms with Gasteiger partial charge >= 0.3 is 5.97 Å². The maximum atomic E-state index is 12.3. The molecule has 1 aliphatic rings. The van der Waals surface area contributed by atoms with E-state index >= 15 is 0 Å². The van der Waals surface area contributed by atoms with Gasteiger partial charge in [0.15, 0.2) is 0 Å². The molecule has 1 rings (SSSR count). The maximum absolute atomic E-state index is 12.3. The minimum absolute atomic E-state index is 0.0250. The number of hydrogen-bond donors (Lipinski definition) is 1. The molecule has 19 heavy (non-hydrogen) atoms. The van der Waals surface area contributed by atoms with Crippen molar-refractivity contribution in [1.29, 1.82) is 0 Å². The Labute approximate surface area is 114 Å². The van der Waals surface area contributed by atoms with Crippen LogP contribution in [0.4, 0.5) is 0 Å². The fraction of sp³-hybridized carbons (Fsp3) is 0.857. The molecule has 110 valence electrons. The van der Waals surface area contributed by atoms with E-state index in [9.17, 15) is 14.7 Å². The van der Waals surface area contributed by atoms with Gasteiger partial charge in [-0.15, -0.1) is 0 Å². The maximum Gasteiger partial charge on any atom is 0.329 e. The van der Waals surface area contributed by atoms with Crippen LogP contribution in [0.1, 0.15) is 52.4 Å². The summed E-state index contributed by atoms with van der Waals surface area (Å²) < 4.78 is 5.12. The Morgan fingerprint density at radius 1 is 1.47 bits per heavy atom. The molecule has 2 atom stereocenters. The zero-order chi connectivity index (χ0) is 14.5. The molecule has 0 radical (unpaired) electrons. The summed E-state index contributed by atoms with van der Waals surface area (Å²) in [5, 5.41) is 9.52. The van der Waals surface area contributed by atoms with Gasteiger partial charge < -0.3 is 14.7 Å². The van der Waals surface area contributed by atoms with Gasteiger partial charge in [-0.1, -0.05) is 13.3 Å². The van der Waals surface area contributed by atoms with Crippen LogP contribution < -0.4 is 0 Å². The third-order valence-electron chi connectivity index (χ3n) is 4.02. The molecule has 2 unspecified atom stereocenters. The van der Waals surface area contributed by atoms with Crippen LogP contribution in [0.3, 0.4) is 0 Å². The highest BCUT2D eigenvalue weighted by molar-refractivity contribution is 5.87. The first-order chi connectivity index (χ1) is 8.97. The minimum Gasteiger partial charge on any atom is -0.479 e. The number of amides is 1. The number of rotatable bonds is 7. The summed E-state index contributed by atoms with van der Waals surface area (Å²) in [4.78, 5) is 25.5. The van der Waals surface area contributed by atoms with Crippen LogP contribution in [0, 0.1) is 0 Å². The lowest BCUT2D eigenvalue weighted by Crippen LogP contribution is -2.53. The lowest BCUT2D eigenvalue weighted by Gasteiger charge is -2.35. The molecule has 0 saturated carbocycles.